The molecule has 0 radical (unpaired) electrons. The first-order valence-electron chi connectivity index (χ1n) is 8.45. The van der Waals surface area contributed by atoms with Crippen LogP contribution < -0.4 is 16.4 Å². The Labute approximate surface area is 153 Å². The summed E-state index contributed by atoms with van der Waals surface area (Å²) in [7, 11) is 0. The molecule has 1 unspecified atom stereocenters. The van der Waals surface area contributed by atoms with E-state index in [2.05, 4.69) is 20.8 Å². The smallest absolute Gasteiger partial charge is 0.270 e. The average Bonchev–Trinajstić information content (AvgIpc) is 3.08. The van der Waals surface area contributed by atoms with Crippen LogP contribution in [0.2, 0.25) is 0 Å². The van der Waals surface area contributed by atoms with Gasteiger partial charge in [-0.15, -0.1) is 21.5 Å². The summed E-state index contributed by atoms with van der Waals surface area (Å²) < 4.78 is 14.3. The summed E-state index contributed by atoms with van der Waals surface area (Å²) >= 11 is 1.36. The highest BCUT2D eigenvalue weighted by molar-refractivity contribution is 7.22. The zero-order valence-corrected chi connectivity index (χ0v) is 14.8. The SMILES string of the molecule is NC(=O)c1nnc(NC2CCCNC2)c2cc(-c3cccc(F)c3)sc12. The third-order valence-corrected chi connectivity index (χ3v) is 5.62. The molecule has 1 aliphatic rings. The second kappa shape index (κ2) is 6.97. The van der Waals surface area contributed by atoms with Crippen molar-refractivity contribution in [3.63, 3.8) is 0 Å². The summed E-state index contributed by atoms with van der Waals surface area (Å²) in [6.45, 7) is 1.86. The monoisotopic (exact) mass is 371 g/mol. The van der Waals surface area contributed by atoms with Crippen LogP contribution in [0.1, 0.15) is 23.3 Å². The Balaban J connectivity index is 1.80. The van der Waals surface area contributed by atoms with E-state index in [1.54, 1.807) is 6.07 Å². The number of halogens is 1. The fraction of sp³-hybridized carbons (Fsp3) is 0.278. The van der Waals surface area contributed by atoms with Crippen LogP contribution in [0.25, 0.3) is 20.5 Å². The maximum Gasteiger partial charge on any atom is 0.270 e. The van der Waals surface area contributed by atoms with Gasteiger partial charge in [-0.3, -0.25) is 4.79 Å². The van der Waals surface area contributed by atoms with Gasteiger partial charge in [0.15, 0.2) is 11.5 Å². The Hall–Kier alpha value is -2.58. The molecule has 1 amide bonds. The van der Waals surface area contributed by atoms with Gasteiger partial charge in [0.2, 0.25) is 0 Å². The van der Waals surface area contributed by atoms with Gasteiger partial charge in [0.25, 0.3) is 5.91 Å². The molecule has 2 aromatic heterocycles. The van der Waals surface area contributed by atoms with E-state index in [0.717, 1.165) is 41.8 Å². The van der Waals surface area contributed by atoms with Gasteiger partial charge < -0.3 is 16.4 Å². The van der Waals surface area contributed by atoms with Crippen LogP contribution in [-0.2, 0) is 0 Å². The third kappa shape index (κ3) is 3.25. The number of amides is 1. The Kier molecular flexibility index (Phi) is 4.52. The van der Waals surface area contributed by atoms with Crippen molar-refractivity contribution in [3.05, 3.63) is 41.8 Å². The highest BCUT2D eigenvalue weighted by atomic mass is 32.1. The number of thiophene rings is 1. The molecule has 1 aliphatic heterocycles. The Morgan fingerprint density at radius 3 is 2.96 bits per heavy atom. The number of nitrogens with one attached hydrogen (secondary N) is 2. The topological polar surface area (TPSA) is 92.9 Å². The van der Waals surface area contributed by atoms with Gasteiger partial charge in [0, 0.05) is 22.8 Å². The lowest BCUT2D eigenvalue weighted by atomic mass is 10.1. The number of anilines is 1. The third-order valence-electron chi connectivity index (χ3n) is 4.43. The predicted molar refractivity (Wildman–Crippen MR) is 101 cm³/mol. The molecule has 0 aliphatic carbocycles. The summed E-state index contributed by atoms with van der Waals surface area (Å²) in [5.41, 5.74) is 6.34. The lowest BCUT2D eigenvalue weighted by Gasteiger charge is -2.24. The van der Waals surface area contributed by atoms with Gasteiger partial charge in [-0.2, -0.15) is 0 Å². The zero-order valence-electron chi connectivity index (χ0n) is 14.0. The highest BCUT2D eigenvalue weighted by Gasteiger charge is 2.20. The minimum Gasteiger partial charge on any atom is -0.364 e. The van der Waals surface area contributed by atoms with Crippen molar-refractivity contribution in [1.29, 1.82) is 0 Å². The molecule has 1 aromatic carbocycles. The van der Waals surface area contributed by atoms with E-state index in [9.17, 15) is 9.18 Å². The van der Waals surface area contributed by atoms with Crippen molar-refractivity contribution in [2.45, 2.75) is 18.9 Å². The standard InChI is InChI=1S/C18H18FN5OS/c19-11-4-1-3-10(7-11)14-8-13-16(26-14)15(17(20)25)23-24-18(13)22-12-5-2-6-21-9-12/h1,3-4,7-8,12,21H,2,5-6,9H2,(H2,20,25)(H,22,24). The van der Waals surface area contributed by atoms with Crippen LogP contribution in [0.5, 0.6) is 0 Å². The van der Waals surface area contributed by atoms with Crippen molar-refractivity contribution >= 4 is 33.1 Å². The average molecular weight is 371 g/mol. The van der Waals surface area contributed by atoms with Crippen LogP contribution in [-0.4, -0.2) is 35.2 Å². The molecule has 3 heterocycles. The zero-order chi connectivity index (χ0) is 18.1. The molecule has 4 N–H and O–H groups in total. The molecule has 4 rings (SSSR count). The number of piperidine rings is 1. The van der Waals surface area contributed by atoms with Crippen LogP contribution >= 0.6 is 11.3 Å². The molecule has 1 fully saturated rings. The predicted octanol–water partition coefficient (Wildman–Crippen LogP) is 2.76. The van der Waals surface area contributed by atoms with E-state index in [-0.39, 0.29) is 17.6 Å². The van der Waals surface area contributed by atoms with E-state index in [1.165, 1.54) is 23.5 Å². The molecule has 3 aromatic rings. The van der Waals surface area contributed by atoms with Gasteiger partial charge in [-0.1, -0.05) is 12.1 Å². The number of primary amides is 1. The highest BCUT2D eigenvalue weighted by Crippen LogP contribution is 2.37. The fourth-order valence-electron chi connectivity index (χ4n) is 3.16. The number of nitrogens with zero attached hydrogens (tertiary/aromatic N) is 2. The Bertz CT molecular complexity index is 967. The molecule has 1 atom stereocenters. The summed E-state index contributed by atoms with van der Waals surface area (Å²) in [6.07, 6.45) is 2.13. The lowest BCUT2D eigenvalue weighted by Crippen LogP contribution is -2.38. The van der Waals surface area contributed by atoms with Gasteiger partial charge in [-0.25, -0.2) is 4.39 Å². The van der Waals surface area contributed by atoms with E-state index in [4.69, 9.17) is 5.73 Å². The normalized spacial score (nSPS) is 17.3. The number of rotatable bonds is 4. The molecule has 134 valence electrons. The number of hydrogen-bond donors (Lipinski definition) is 3. The molecule has 26 heavy (non-hydrogen) atoms. The van der Waals surface area contributed by atoms with Crippen LogP contribution in [0.15, 0.2) is 30.3 Å². The van der Waals surface area contributed by atoms with Crippen molar-refractivity contribution in [2.75, 3.05) is 18.4 Å². The maximum absolute atomic E-state index is 13.6. The summed E-state index contributed by atoms with van der Waals surface area (Å²) in [4.78, 5) is 12.6. The number of carbonyl (C=O) groups excluding carboxylic acids is 1. The second-order valence-electron chi connectivity index (χ2n) is 6.31. The minimum absolute atomic E-state index is 0.139. The summed E-state index contributed by atoms with van der Waals surface area (Å²) in [5, 5.41) is 15.8. The first kappa shape index (κ1) is 16.9. The number of hydrogen-bond acceptors (Lipinski definition) is 6. The number of carbonyl (C=O) groups is 1. The van der Waals surface area contributed by atoms with E-state index < -0.39 is 5.91 Å². The fourth-order valence-corrected chi connectivity index (χ4v) is 4.31. The van der Waals surface area contributed by atoms with Crippen molar-refractivity contribution in [3.8, 4) is 10.4 Å². The van der Waals surface area contributed by atoms with Crippen molar-refractivity contribution < 1.29 is 9.18 Å². The van der Waals surface area contributed by atoms with Crippen molar-refractivity contribution in [1.82, 2.24) is 15.5 Å². The first-order valence-corrected chi connectivity index (χ1v) is 9.26. The molecule has 0 saturated carbocycles. The number of fused-ring (bicyclic) bond motifs is 1. The maximum atomic E-state index is 13.6. The molecular formula is C18H18FN5OS. The summed E-state index contributed by atoms with van der Waals surface area (Å²) in [6, 6.07) is 8.52. The Morgan fingerprint density at radius 1 is 1.35 bits per heavy atom. The largest absolute Gasteiger partial charge is 0.364 e. The van der Waals surface area contributed by atoms with Gasteiger partial charge in [-0.05, 0) is 43.1 Å². The van der Waals surface area contributed by atoms with Crippen LogP contribution in [0.3, 0.4) is 0 Å². The molecule has 0 spiro atoms. The van der Waals surface area contributed by atoms with E-state index in [0.29, 0.717) is 10.5 Å². The second-order valence-corrected chi connectivity index (χ2v) is 7.37. The molecule has 6 nitrogen and oxygen atoms in total. The lowest BCUT2D eigenvalue weighted by molar-refractivity contribution is 0.0996. The first-order chi connectivity index (χ1) is 12.6. The molecule has 8 heteroatoms. The molecular weight excluding hydrogens is 353 g/mol. The quantitative estimate of drug-likeness (QED) is 0.656. The number of benzene rings is 1. The van der Waals surface area contributed by atoms with Gasteiger partial charge >= 0.3 is 0 Å². The van der Waals surface area contributed by atoms with Crippen LogP contribution in [0, 0.1) is 5.82 Å². The molecule has 0 bridgehead atoms. The minimum atomic E-state index is -0.624. The number of nitrogens with two attached hydrogens (primary N) is 1. The van der Waals surface area contributed by atoms with Crippen molar-refractivity contribution in [2.24, 2.45) is 5.73 Å². The van der Waals surface area contributed by atoms with E-state index >= 15 is 0 Å². The Morgan fingerprint density at radius 2 is 2.23 bits per heavy atom. The van der Waals surface area contributed by atoms with Gasteiger partial charge in [0.1, 0.15) is 5.82 Å². The number of aromatic nitrogens is 2. The van der Waals surface area contributed by atoms with E-state index in [1.807, 2.05) is 12.1 Å². The van der Waals surface area contributed by atoms with Crippen LogP contribution in [0.4, 0.5) is 10.2 Å². The molecule has 1 saturated heterocycles. The van der Waals surface area contributed by atoms with Gasteiger partial charge in [0.05, 0.1) is 4.70 Å². The summed E-state index contributed by atoms with van der Waals surface area (Å²) in [5.74, 6) is -0.309.